The van der Waals surface area contributed by atoms with Gasteiger partial charge in [-0.05, 0) is 5.56 Å². The lowest BCUT2D eigenvalue weighted by Gasteiger charge is -2.22. The number of amides is 1. The van der Waals surface area contributed by atoms with Crippen molar-refractivity contribution < 1.29 is 9.90 Å². The Bertz CT molecular complexity index is 302. The summed E-state index contributed by atoms with van der Waals surface area (Å²) in [5.41, 5.74) is 3.98. The normalized spacial score (nSPS) is 14.9. The van der Waals surface area contributed by atoms with Gasteiger partial charge < -0.3 is 10.8 Å². The summed E-state index contributed by atoms with van der Waals surface area (Å²) < 4.78 is 0. The third kappa shape index (κ3) is 1.89. The van der Waals surface area contributed by atoms with Gasteiger partial charge in [0, 0.05) is 5.33 Å². The minimum Gasteiger partial charge on any atom is -0.375 e. The summed E-state index contributed by atoms with van der Waals surface area (Å²) in [5.74, 6) is -0.754. The molecular formula is C9H10BrNO2. The van der Waals surface area contributed by atoms with E-state index in [2.05, 4.69) is 15.9 Å². The maximum absolute atomic E-state index is 11.0. The van der Waals surface area contributed by atoms with Gasteiger partial charge in [0.1, 0.15) is 0 Å². The predicted octanol–water partition coefficient (Wildman–Crippen LogP) is 0.754. The smallest absolute Gasteiger partial charge is 0.254 e. The lowest BCUT2D eigenvalue weighted by atomic mass is 9.96. The van der Waals surface area contributed by atoms with E-state index in [1.54, 1.807) is 30.3 Å². The molecule has 70 valence electrons. The maximum Gasteiger partial charge on any atom is 0.254 e. The van der Waals surface area contributed by atoms with Crippen molar-refractivity contribution in [3.05, 3.63) is 35.9 Å². The number of benzene rings is 1. The summed E-state index contributed by atoms with van der Waals surface area (Å²) in [5, 5.41) is 9.94. The number of rotatable bonds is 3. The van der Waals surface area contributed by atoms with Crippen LogP contribution in [0.3, 0.4) is 0 Å². The largest absolute Gasteiger partial charge is 0.375 e. The first kappa shape index (κ1) is 10.2. The van der Waals surface area contributed by atoms with E-state index >= 15 is 0 Å². The second kappa shape index (κ2) is 3.89. The van der Waals surface area contributed by atoms with Crippen LogP contribution in [0.2, 0.25) is 0 Å². The van der Waals surface area contributed by atoms with Crippen molar-refractivity contribution in [1.82, 2.24) is 0 Å². The molecule has 0 spiro atoms. The molecule has 1 atom stereocenters. The summed E-state index contributed by atoms with van der Waals surface area (Å²) in [7, 11) is 0. The van der Waals surface area contributed by atoms with E-state index in [0.29, 0.717) is 5.56 Å². The van der Waals surface area contributed by atoms with Crippen LogP contribution in [0, 0.1) is 0 Å². The van der Waals surface area contributed by atoms with Crippen molar-refractivity contribution in [3.8, 4) is 0 Å². The predicted molar refractivity (Wildman–Crippen MR) is 53.3 cm³/mol. The van der Waals surface area contributed by atoms with E-state index in [0.717, 1.165) is 0 Å². The molecular weight excluding hydrogens is 234 g/mol. The Hall–Kier alpha value is -0.870. The van der Waals surface area contributed by atoms with Crippen molar-refractivity contribution in [2.75, 3.05) is 5.33 Å². The standard InChI is InChI=1S/C9H10BrNO2/c10-6-9(13,8(11)12)7-4-2-1-3-5-7/h1-5,13H,6H2,(H2,11,12)/t9-/m1/s1. The molecule has 0 fully saturated rings. The maximum atomic E-state index is 11.0. The minimum absolute atomic E-state index is 0.0966. The van der Waals surface area contributed by atoms with Gasteiger partial charge in [0.2, 0.25) is 0 Å². The highest BCUT2D eigenvalue weighted by Crippen LogP contribution is 2.22. The van der Waals surface area contributed by atoms with Crippen LogP contribution in [-0.2, 0) is 10.4 Å². The summed E-state index contributed by atoms with van der Waals surface area (Å²) in [6, 6.07) is 8.61. The van der Waals surface area contributed by atoms with Crippen LogP contribution < -0.4 is 5.73 Å². The summed E-state index contributed by atoms with van der Waals surface area (Å²) >= 11 is 3.06. The van der Waals surface area contributed by atoms with E-state index in [9.17, 15) is 9.90 Å². The first-order valence-electron chi connectivity index (χ1n) is 3.75. The van der Waals surface area contributed by atoms with E-state index in [4.69, 9.17) is 5.73 Å². The lowest BCUT2D eigenvalue weighted by molar-refractivity contribution is -0.134. The minimum atomic E-state index is -1.61. The highest BCUT2D eigenvalue weighted by atomic mass is 79.9. The molecule has 0 saturated heterocycles. The van der Waals surface area contributed by atoms with Gasteiger partial charge in [-0.2, -0.15) is 0 Å². The van der Waals surface area contributed by atoms with Crippen LogP contribution in [0.1, 0.15) is 5.56 Å². The number of carbonyl (C=O) groups is 1. The molecule has 0 aliphatic carbocycles. The number of halogens is 1. The Labute approximate surface area is 84.7 Å². The Morgan fingerprint density at radius 1 is 1.46 bits per heavy atom. The van der Waals surface area contributed by atoms with E-state index in [1.165, 1.54) is 0 Å². The van der Waals surface area contributed by atoms with Gasteiger partial charge in [-0.3, -0.25) is 4.79 Å². The quantitative estimate of drug-likeness (QED) is 0.771. The summed E-state index contributed by atoms with van der Waals surface area (Å²) in [6.07, 6.45) is 0. The van der Waals surface area contributed by atoms with Crippen molar-refractivity contribution >= 4 is 21.8 Å². The van der Waals surface area contributed by atoms with Crippen LogP contribution >= 0.6 is 15.9 Å². The van der Waals surface area contributed by atoms with Gasteiger partial charge in [-0.25, -0.2) is 0 Å². The lowest BCUT2D eigenvalue weighted by Crippen LogP contribution is -2.42. The fourth-order valence-corrected chi connectivity index (χ4v) is 1.60. The molecule has 0 aromatic heterocycles. The molecule has 0 heterocycles. The van der Waals surface area contributed by atoms with Crippen LogP contribution in [0.25, 0.3) is 0 Å². The molecule has 13 heavy (non-hydrogen) atoms. The van der Waals surface area contributed by atoms with E-state index < -0.39 is 11.5 Å². The van der Waals surface area contributed by atoms with Gasteiger partial charge in [-0.1, -0.05) is 46.3 Å². The van der Waals surface area contributed by atoms with Crippen LogP contribution in [0.15, 0.2) is 30.3 Å². The zero-order chi connectivity index (χ0) is 9.90. The van der Waals surface area contributed by atoms with Gasteiger partial charge in [0.15, 0.2) is 5.60 Å². The number of carbonyl (C=O) groups excluding carboxylic acids is 1. The summed E-state index contributed by atoms with van der Waals surface area (Å²) in [6.45, 7) is 0. The second-order valence-electron chi connectivity index (χ2n) is 2.72. The molecule has 0 bridgehead atoms. The molecule has 1 aromatic carbocycles. The third-order valence-corrected chi connectivity index (χ3v) is 2.66. The molecule has 3 nitrogen and oxygen atoms in total. The molecule has 0 saturated carbocycles. The summed E-state index contributed by atoms with van der Waals surface area (Å²) in [4.78, 5) is 11.0. The highest BCUT2D eigenvalue weighted by Gasteiger charge is 2.34. The van der Waals surface area contributed by atoms with Crippen LogP contribution in [0.4, 0.5) is 0 Å². The number of nitrogens with two attached hydrogens (primary N) is 1. The number of hydrogen-bond acceptors (Lipinski definition) is 2. The molecule has 3 N–H and O–H groups in total. The molecule has 4 heteroatoms. The number of aliphatic hydroxyl groups is 1. The Balaban J connectivity index is 3.11. The molecule has 0 aliphatic rings. The second-order valence-corrected chi connectivity index (χ2v) is 3.28. The van der Waals surface area contributed by atoms with Crippen molar-refractivity contribution in [2.45, 2.75) is 5.60 Å². The number of primary amides is 1. The average molecular weight is 244 g/mol. The van der Waals surface area contributed by atoms with Gasteiger partial charge in [0.25, 0.3) is 5.91 Å². The molecule has 1 rings (SSSR count). The fourth-order valence-electron chi connectivity index (χ4n) is 0.999. The first-order valence-corrected chi connectivity index (χ1v) is 4.87. The Kier molecular flexibility index (Phi) is 3.06. The van der Waals surface area contributed by atoms with E-state index in [-0.39, 0.29) is 5.33 Å². The molecule has 1 aromatic rings. The Morgan fingerprint density at radius 3 is 2.38 bits per heavy atom. The molecule has 0 unspecified atom stereocenters. The molecule has 0 radical (unpaired) electrons. The van der Waals surface area contributed by atoms with Crippen LogP contribution in [-0.4, -0.2) is 16.3 Å². The Morgan fingerprint density at radius 2 is 2.00 bits per heavy atom. The molecule has 0 aliphatic heterocycles. The van der Waals surface area contributed by atoms with Gasteiger partial charge >= 0.3 is 0 Å². The fraction of sp³-hybridized carbons (Fsp3) is 0.222. The molecule has 1 amide bonds. The van der Waals surface area contributed by atoms with Gasteiger partial charge in [-0.15, -0.1) is 0 Å². The van der Waals surface area contributed by atoms with Crippen LogP contribution in [0.5, 0.6) is 0 Å². The zero-order valence-electron chi connectivity index (χ0n) is 6.90. The van der Waals surface area contributed by atoms with E-state index in [1.807, 2.05) is 0 Å². The van der Waals surface area contributed by atoms with Crippen molar-refractivity contribution in [3.63, 3.8) is 0 Å². The van der Waals surface area contributed by atoms with Crippen molar-refractivity contribution in [1.29, 1.82) is 0 Å². The SMILES string of the molecule is NC(=O)[C@@](O)(CBr)c1ccccc1. The average Bonchev–Trinajstić information content (AvgIpc) is 2.17. The first-order chi connectivity index (χ1) is 6.11. The topological polar surface area (TPSA) is 63.3 Å². The zero-order valence-corrected chi connectivity index (χ0v) is 8.49. The third-order valence-electron chi connectivity index (χ3n) is 1.85. The number of hydrogen-bond donors (Lipinski definition) is 2. The van der Waals surface area contributed by atoms with Gasteiger partial charge in [0.05, 0.1) is 0 Å². The van der Waals surface area contributed by atoms with Crippen molar-refractivity contribution in [2.24, 2.45) is 5.73 Å². The highest BCUT2D eigenvalue weighted by molar-refractivity contribution is 9.09. The number of alkyl halides is 1. The monoisotopic (exact) mass is 243 g/mol.